The van der Waals surface area contributed by atoms with E-state index in [4.69, 9.17) is 12.2 Å². The Bertz CT molecular complexity index is 368. The van der Waals surface area contributed by atoms with Crippen molar-refractivity contribution in [2.75, 3.05) is 11.2 Å². The Balaban J connectivity index is 2.54. The highest BCUT2D eigenvalue weighted by atomic mass is 32.2. The van der Waals surface area contributed by atoms with Crippen LogP contribution in [0.15, 0.2) is 30.9 Å². The van der Waals surface area contributed by atoms with Crippen LogP contribution >= 0.6 is 24.0 Å². The highest BCUT2D eigenvalue weighted by Gasteiger charge is 2.01. The second-order valence-electron chi connectivity index (χ2n) is 3.40. The van der Waals surface area contributed by atoms with Crippen LogP contribution in [0.3, 0.4) is 0 Å². The van der Waals surface area contributed by atoms with Crippen molar-refractivity contribution < 1.29 is 0 Å². The SMILES string of the molecule is C=CCSC(=S)NNc1c(C)cccc1C. The lowest BCUT2D eigenvalue weighted by Gasteiger charge is -2.14. The van der Waals surface area contributed by atoms with Crippen LogP contribution in [0.4, 0.5) is 5.69 Å². The number of rotatable bonds is 4. The first-order chi connectivity index (χ1) is 7.65. The van der Waals surface area contributed by atoms with E-state index in [1.54, 1.807) is 11.8 Å². The molecule has 2 N–H and O–H groups in total. The molecule has 86 valence electrons. The molecule has 0 heterocycles. The predicted octanol–water partition coefficient (Wildman–Crippen LogP) is 3.42. The molecule has 0 unspecified atom stereocenters. The number of hydrogen-bond donors (Lipinski definition) is 2. The van der Waals surface area contributed by atoms with E-state index in [2.05, 4.69) is 43.4 Å². The number of hydrazine groups is 1. The molecule has 0 atom stereocenters. The number of aryl methyl sites for hydroxylation is 2. The minimum absolute atomic E-state index is 0.725. The third-order valence-electron chi connectivity index (χ3n) is 2.10. The Morgan fingerprint density at radius 3 is 2.62 bits per heavy atom. The van der Waals surface area contributed by atoms with Gasteiger partial charge in [0.2, 0.25) is 0 Å². The quantitative estimate of drug-likeness (QED) is 0.487. The number of anilines is 1. The highest BCUT2D eigenvalue weighted by molar-refractivity contribution is 8.23. The van der Waals surface area contributed by atoms with E-state index in [-0.39, 0.29) is 0 Å². The van der Waals surface area contributed by atoms with Crippen molar-refractivity contribution in [3.05, 3.63) is 42.0 Å². The van der Waals surface area contributed by atoms with Gasteiger partial charge in [0, 0.05) is 5.75 Å². The van der Waals surface area contributed by atoms with Crippen LogP contribution in [0.25, 0.3) is 0 Å². The van der Waals surface area contributed by atoms with Gasteiger partial charge in [0.15, 0.2) is 4.32 Å². The summed E-state index contributed by atoms with van der Waals surface area (Å²) < 4.78 is 0.725. The molecular formula is C12H16N2S2. The Kier molecular flexibility index (Phi) is 5.35. The van der Waals surface area contributed by atoms with E-state index in [1.807, 2.05) is 12.1 Å². The maximum atomic E-state index is 5.15. The van der Waals surface area contributed by atoms with Gasteiger partial charge in [0.25, 0.3) is 0 Å². The smallest absolute Gasteiger partial charge is 0.152 e. The summed E-state index contributed by atoms with van der Waals surface area (Å²) in [4.78, 5) is 0. The molecule has 0 aromatic heterocycles. The molecule has 0 amide bonds. The molecule has 1 rings (SSSR count). The minimum Gasteiger partial charge on any atom is -0.299 e. The first-order valence-electron chi connectivity index (χ1n) is 5.01. The predicted molar refractivity (Wildman–Crippen MR) is 77.9 cm³/mol. The number of thiocarbonyl (C=S) groups is 1. The summed E-state index contributed by atoms with van der Waals surface area (Å²) in [7, 11) is 0. The highest BCUT2D eigenvalue weighted by Crippen LogP contribution is 2.18. The van der Waals surface area contributed by atoms with Gasteiger partial charge in [0.05, 0.1) is 5.69 Å². The van der Waals surface area contributed by atoms with E-state index in [0.717, 1.165) is 15.8 Å². The largest absolute Gasteiger partial charge is 0.299 e. The van der Waals surface area contributed by atoms with E-state index in [1.165, 1.54) is 11.1 Å². The van der Waals surface area contributed by atoms with Crippen molar-refractivity contribution in [1.29, 1.82) is 0 Å². The summed E-state index contributed by atoms with van der Waals surface area (Å²) in [5, 5.41) is 0. The molecule has 0 aliphatic rings. The molecule has 0 bridgehead atoms. The molecule has 4 heteroatoms. The van der Waals surface area contributed by atoms with Gasteiger partial charge in [-0.1, -0.05) is 48.3 Å². The van der Waals surface area contributed by atoms with Crippen LogP contribution in [-0.2, 0) is 0 Å². The number of benzene rings is 1. The lowest BCUT2D eigenvalue weighted by molar-refractivity contribution is 1.14. The normalized spacial score (nSPS) is 9.62. The number of nitrogens with one attached hydrogen (secondary N) is 2. The van der Waals surface area contributed by atoms with Crippen molar-refractivity contribution in [3.63, 3.8) is 0 Å². The van der Waals surface area contributed by atoms with Crippen molar-refractivity contribution in [2.24, 2.45) is 0 Å². The molecule has 0 spiro atoms. The Morgan fingerprint density at radius 1 is 1.44 bits per heavy atom. The Labute approximate surface area is 106 Å². The average Bonchev–Trinajstić information content (AvgIpc) is 2.25. The standard InChI is InChI=1S/C12H16N2S2/c1-4-8-16-12(15)14-13-11-9(2)6-5-7-10(11)3/h4-7,13H,1,8H2,2-3H3,(H,14,15). The minimum atomic E-state index is 0.725. The van der Waals surface area contributed by atoms with Gasteiger partial charge in [0.1, 0.15) is 0 Å². The van der Waals surface area contributed by atoms with Crippen LogP contribution in [-0.4, -0.2) is 10.1 Å². The van der Waals surface area contributed by atoms with E-state index >= 15 is 0 Å². The molecule has 2 nitrogen and oxygen atoms in total. The third-order valence-corrected chi connectivity index (χ3v) is 3.33. The maximum absolute atomic E-state index is 5.15. The van der Waals surface area contributed by atoms with E-state index < -0.39 is 0 Å². The fraction of sp³-hybridized carbons (Fsp3) is 0.250. The lowest BCUT2D eigenvalue weighted by atomic mass is 10.1. The Hall–Kier alpha value is -1.00. The fourth-order valence-electron chi connectivity index (χ4n) is 1.30. The van der Waals surface area contributed by atoms with Gasteiger partial charge in [-0.2, -0.15) is 0 Å². The van der Waals surface area contributed by atoms with Crippen molar-refractivity contribution in [3.8, 4) is 0 Å². The molecule has 16 heavy (non-hydrogen) atoms. The van der Waals surface area contributed by atoms with Gasteiger partial charge in [-0.3, -0.25) is 10.9 Å². The molecular weight excluding hydrogens is 236 g/mol. The summed E-state index contributed by atoms with van der Waals surface area (Å²) in [6.45, 7) is 7.78. The summed E-state index contributed by atoms with van der Waals surface area (Å²) in [5.41, 5.74) is 9.64. The zero-order chi connectivity index (χ0) is 12.0. The monoisotopic (exact) mass is 252 g/mol. The Morgan fingerprint density at radius 2 is 2.06 bits per heavy atom. The van der Waals surface area contributed by atoms with Gasteiger partial charge < -0.3 is 0 Å². The zero-order valence-electron chi connectivity index (χ0n) is 9.54. The molecule has 0 saturated heterocycles. The van der Waals surface area contributed by atoms with Crippen LogP contribution < -0.4 is 10.9 Å². The van der Waals surface area contributed by atoms with Gasteiger partial charge in [-0.25, -0.2) is 0 Å². The third kappa shape index (κ3) is 3.87. The second-order valence-corrected chi connectivity index (χ2v) is 5.10. The van der Waals surface area contributed by atoms with Gasteiger partial charge >= 0.3 is 0 Å². The topological polar surface area (TPSA) is 24.1 Å². The number of hydrogen-bond acceptors (Lipinski definition) is 3. The summed E-state index contributed by atoms with van der Waals surface area (Å²) in [5.74, 6) is 0.820. The molecule has 1 aromatic carbocycles. The van der Waals surface area contributed by atoms with Crippen molar-refractivity contribution >= 4 is 34.0 Å². The fourth-order valence-corrected chi connectivity index (χ4v) is 1.94. The van der Waals surface area contributed by atoms with Gasteiger partial charge in [-0.05, 0) is 25.0 Å². The lowest BCUT2D eigenvalue weighted by Crippen LogP contribution is -2.26. The van der Waals surface area contributed by atoms with Crippen LogP contribution in [0.2, 0.25) is 0 Å². The second kappa shape index (κ2) is 6.55. The van der Waals surface area contributed by atoms with E-state index in [9.17, 15) is 0 Å². The molecule has 0 fully saturated rings. The average molecular weight is 252 g/mol. The zero-order valence-corrected chi connectivity index (χ0v) is 11.2. The summed E-state index contributed by atoms with van der Waals surface area (Å²) >= 11 is 6.69. The van der Waals surface area contributed by atoms with Crippen LogP contribution in [0, 0.1) is 13.8 Å². The molecule has 0 radical (unpaired) electrons. The molecule has 0 aliphatic heterocycles. The molecule has 0 saturated carbocycles. The van der Waals surface area contributed by atoms with E-state index in [0.29, 0.717) is 0 Å². The van der Waals surface area contributed by atoms with Crippen LogP contribution in [0.5, 0.6) is 0 Å². The summed E-state index contributed by atoms with van der Waals surface area (Å²) in [6, 6.07) is 6.18. The molecule has 1 aromatic rings. The molecule has 0 aliphatic carbocycles. The van der Waals surface area contributed by atoms with Crippen molar-refractivity contribution in [2.45, 2.75) is 13.8 Å². The first-order valence-corrected chi connectivity index (χ1v) is 6.40. The first kappa shape index (κ1) is 13.1. The van der Waals surface area contributed by atoms with Gasteiger partial charge in [-0.15, -0.1) is 6.58 Å². The number of para-hydroxylation sites is 1. The summed E-state index contributed by atoms with van der Waals surface area (Å²) in [6.07, 6.45) is 1.83. The number of thioether (sulfide) groups is 1. The maximum Gasteiger partial charge on any atom is 0.152 e. The van der Waals surface area contributed by atoms with Crippen molar-refractivity contribution in [1.82, 2.24) is 5.43 Å². The van der Waals surface area contributed by atoms with Crippen LogP contribution in [0.1, 0.15) is 11.1 Å².